The lowest BCUT2D eigenvalue weighted by atomic mass is 10.2. The number of amides is 2. The summed E-state index contributed by atoms with van der Waals surface area (Å²) in [5.74, 6) is -0.994. The molecule has 116 valence electrons. The summed E-state index contributed by atoms with van der Waals surface area (Å²) in [5.41, 5.74) is 0.866. The number of aromatic nitrogens is 1. The molecule has 1 aromatic carbocycles. The van der Waals surface area contributed by atoms with Crippen molar-refractivity contribution in [1.82, 2.24) is 15.8 Å². The van der Waals surface area contributed by atoms with Gasteiger partial charge >= 0.3 is 0 Å². The predicted molar refractivity (Wildman–Crippen MR) is 77.0 cm³/mol. The van der Waals surface area contributed by atoms with Crippen LogP contribution in [-0.4, -0.2) is 30.1 Å². The molecule has 0 bridgehead atoms. The zero-order valence-corrected chi connectivity index (χ0v) is 12.3. The third-order valence-corrected chi connectivity index (χ3v) is 3.08. The first kappa shape index (κ1) is 15.7. The van der Waals surface area contributed by atoms with Crippen LogP contribution in [0.3, 0.4) is 0 Å². The van der Waals surface area contributed by atoms with E-state index in [1.165, 1.54) is 18.2 Å². The van der Waals surface area contributed by atoms with Crippen LogP contribution in [0.5, 0.6) is 0 Å². The molecule has 0 atom stereocenters. The first-order valence-corrected chi connectivity index (χ1v) is 6.74. The summed E-state index contributed by atoms with van der Waals surface area (Å²) in [4.78, 5) is 23.7. The molecule has 0 unspecified atom stereocenters. The molecule has 7 heteroatoms. The second-order valence-electron chi connectivity index (χ2n) is 4.69. The van der Waals surface area contributed by atoms with E-state index in [1.807, 2.05) is 0 Å². The minimum Gasteiger partial charge on any atom is -0.361 e. The maximum Gasteiger partial charge on any atom is 0.256 e. The molecular formula is C15H16FN3O3. The van der Waals surface area contributed by atoms with E-state index in [1.54, 1.807) is 19.9 Å². The monoisotopic (exact) mass is 305 g/mol. The quantitative estimate of drug-likeness (QED) is 0.822. The molecule has 2 amide bonds. The topological polar surface area (TPSA) is 84.2 Å². The zero-order chi connectivity index (χ0) is 16.1. The Morgan fingerprint density at radius 1 is 1.14 bits per heavy atom. The minimum atomic E-state index is -0.584. The van der Waals surface area contributed by atoms with Crippen molar-refractivity contribution in [2.45, 2.75) is 13.8 Å². The lowest BCUT2D eigenvalue weighted by molar-refractivity contribution is 0.0924. The first-order valence-electron chi connectivity index (χ1n) is 6.74. The van der Waals surface area contributed by atoms with Gasteiger partial charge in [0.25, 0.3) is 11.8 Å². The molecule has 0 spiro atoms. The summed E-state index contributed by atoms with van der Waals surface area (Å²) in [6.45, 7) is 3.71. The lowest BCUT2D eigenvalue weighted by Crippen LogP contribution is -2.35. The van der Waals surface area contributed by atoms with Gasteiger partial charge in [-0.2, -0.15) is 0 Å². The van der Waals surface area contributed by atoms with Crippen molar-refractivity contribution in [3.63, 3.8) is 0 Å². The Kier molecular flexibility index (Phi) is 4.88. The third kappa shape index (κ3) is 3.49. The number of rotatable bonds is 5. The van der Waals surface area contributed by atoms with E-state index in [9.17, 15) is 14.0 Å². The van der Waals surface area contributed by atoms with Crippen LogP contribution < -0.4 is 10.6 Å². The van der Waals surface area contributed by atoms with E-state index in [0.29, 0.717) is 17.0 Å². The summed E-state index contributed by atoms with van der Waals surface area (Å²) >= 11 is 0. The highest BCUT2D eigenvalue weighted by Crippen LogP contribution is 2.11. The number of benzene rings is 1. The van der Waals surface area contributed by atoms with E-state index < -0.39 is 11.7 Å². The van der Waals surface area contributed by atoms with Gasteiger partial charge in [-0.05, 0) is 26.0 Å². The minimum absolute atomic E-state index is 0.0282. The average molecular weight is 305 g/mol. The van der Waals surface area contributed by atoms with Crippen molar-refractivity contribution in [2.75, 3.05) is 13.1 Å². The molecule has 6 nitrogen and oxygen atoms in total. The second kappa shape index (κ2) is 6.84. The number of aryl methyl sites for hydroxylation is 2. The van der Waals surface area contributed by atoms with Crippen molar-refractivity contribution < 1.29 is 18.5 Å². The number of halogens is 1. The van der Waals surface area contributed by atoms with Crippen molar-refractivity contribution >= 4 is 11.8 Å². The van der Waals surface area contributed by atoms with Crippen molar-refractivity contribution in [3.05, 3.63) is 52.7 Å². The van der Waals surface area contributed by atoms with Gasteiger partial charge < -0.3 is 15.2 Å². The molecule has 1 aromatic heterocycles. The first-order chi connectivity index (χ1) is 10.5. The fourth-order valence-electron chi connectivity index (χ4n) is 1.99. The molecule has 2 rings (SSSR count). The van der Waals surface area contributed by atoms with Gasteiger partial charge in [-0.25, -0.2) is 4.39 Å². The van der Waals surface area contributed by atoms with Gasteiger partial charge in [0.1, 0.15) is 17.1 Å². The summed E-state index contributed by atoms with van der Waals surface area (Å²) in [6.07, 6.45) is 0. The molecule has 0 fully saturated rings. The number of carbonyl (C=O) groups is 2. The van der Waals surface area contributed by atoms with E-state index >= 15 is 0 Å². The maximum absolute atomic E-state index is 13.4. The number of nitrogens with zero attached hydrogens (tertiary/aromatic N) is 1. The predicted octanol–water partition coefficient (Wildman–Crippen LogP) is 1.59. The Morgan fingerprint density at radius 3 is 2.36 bits per heavy atom. The molecular weight excluding hydrogens is 289 g/mol. The summed E-state index contributed by atoms with van der Waals surface area (Å²) in [7, 11) is 0. The second-order valence-corrected chi connectivity index (χ2v) is 4.69. The van der Waals surface area contributed by atoms with E-state index in [-0.39, 0.29) is 24.6 Å². The van der Waals surface area contributed by atoms with Gasteiger partial charge in [-0.3, -0.25) is 9.59 Å². The van der Waals surface area contributed by atoms with Crippen LogP contribution in [0.4, 0.5) is 4.39 Å². The standard InChI is InChI=1S/C15H16FN3O3/c1-9-13(10(2)22-19-9)15(21)18-8-7-17-14(20)11-5-3-4-6-12(11)16/h3-6H,7-8H2,1-2H3,(H,17,20)(H,18,21). The van der Waals surface area contributed by atoms with Crippen molar-refractivity contribution in [3.8, 4) is 0 Å². The molecule has 2 N–H and O–H groups in total. The molecule has 0 aliphatic rings. The van der Waals surface area contributed by atoms with Crippen LogP contribution in [-0.2, 0) is 0 Å². The van der Waals surface area contributed by atoms with Crippen LogP contribution in [0.1, 0.15) is 32.2 Å². The van der Waals surface area contributed by atoms with Gasteiger partial charge in [0.05, 0.1) is 11.3 Å². The zero-order valence-electron chi connectivity index (χ0n) is 12.3. The highest BCUT2D eigenvalue weighted by Gasteiger charge is 2.17. The van der Waals surface area contributed by atoms with Crippen molar-refractivity contribution in [2.24, 2.45) is 0 Å². The van der Waals surface area contributed by atoms with Gasteiger partial charge in [-0.15, -0.1) is 0 Å². The van der Waals surface area contributed by atoms with Crippen LogP contribution >= 0.6 is 0 Å². The van der Waals surface area contributed by atoms with Crippen LogP contribution in [0.2, 0.25) is 0 Å². The highest BCUT2D eigenvalue weighted by molar-refractivity contribution is 5.96. The molecule has 22 heavy (non-hydrogen) atoms. The highest BCUT2D eigenvalue weighted by atomic mass is 19.1. The Balaban J connectivity index is 1.81. The maximum atomic E-state index is 13.4. The van der Waals surface area contributed by atoms with E-state index in [4.69, 9.17) is 4.52 Å². The lowest BCUT2D eigenvalue weighted by Gasteiger charge is -2.07. The van der Waals surface area contributed by atoms with Crippen molar-refractivity contribution in [1.29, 1.82) is 0 Å². The molecule has 1 heterocycles. The average Bonchev–Trinajstić information content (AvgIpc) is 2.83. The normalized spacial score (nSPS) is 10.3. The van der Waals surface area contributed by atoms with Gasteiger partial charge in [0, 0.05) is 13.1 Å². The van der Waals surface area contributed by atoms with Gasteiger partial charge in [-0.1, -0.05) is 17.3 Å². The number of nitrogens with one attached hydrogen (secondary N) is 2. The van der Waals surface area contributed by atoms with Gasteiger partial charge in [0.15, 0.2) is 0 Å². The Morgan fingerprint density at radius 2 is 1.77 bits per heavy atom. The summed E-state index contributed by atoms with van der Waals surface area (Å²) in [6, 6.07) is 5.70. The van der Waals surface area contributed by atoms with Crippen LogP contribution in [0.15, 0.2) is 28.8 Å². The summed E-state index contributed by atoms with van der Waals surface area (Å²) < 4.78 is 18.3. The Hall–Kier alpha value is -2.70. The molecule has 0 aliphatic carbocycles. The molecule has 0 saturated heterocycles. The molecule has 0 saturated carbocycles. The molecule has 0 aliphatic heterocycles. The van der Waals surface area contributed by atoms with Crippen LogP contribution in [0.25, 0.3) is 0 Å². The number of carbonyl (C=O) groups excluding carboxylic acids is 2. The van der Waals surface area contributed by atoms with E-state index in [0.717, 1.165) is 0 Å². The third-order valence-electron chi connectivity index (χ3n) is 3.08. The molecule has 0 radical (unpaired) electrons. The number of hydrogen-bond donors (Lipinski definition) is 2. The SMILES string of the molecule is Cc1noc(C)c1C(=O)NCCNC(=O)c1ccccc1F. The summed E-state index contributed by atoms with van der Waals surface area (Å²) in [5, 5.41) is 8.87. The van der Waals surface area contributed by atoms with Gasteiger partial charge in [0.2, 0.25) is 0 Å². The largest absolute Gasteiger partial charge is 0.361 e. The smallest absolute Gasteiger partial charge is 0.256 e. The fourth-order valence-corrected chi connectivity index (χ4v) is 1.99. The van der Waals surface area contributed by atoms with Crippen LogP contribution in [0, 0.1) is 19.7 Å². The Labute approximate surface area is 126 Å². The number of hydrogen-bond acceptors (Lipinski definition) is 4. The van der Waals surface area contributed by atoms with E-state index in [2.05, 4.69) is 15.8 Å². The molecule has 2 aromatic rings. The Bertz CT molecular complexity index is 678. The fraction of sp³-hybridized carbons (Fsp3) is 0.267.